The van der Waals surface area contributed by atoms with E-state index in [2.05, 4.69) is 0 Å². The normalized spacial score (nSPS) is 25.1. The van der Waals surface area contributed by atoms with Crippen molar-refractivity contribution in [2.45, 2.75) is 38.3 Å². The molecule has 2 atom stereocenters. The van der Waals surface area contributed by atoms with Gasteiger partial charge in [-0.1, -0.05) is 19.3 Å². The number of hydrogen-bond donors (Lipinski definition) is 0. The molecule has 1 saturated carbocycles. The van der Waals surface area contributed by atoms with Crippen molar-refractivity contribution < 1.29 is 18.1 Å². The summed E-state index contributed by atoms with van der Waals surface area (Å²) in [5.74, 6) is 1.16. The van der Waals surface area contributed by atoms with Gasteiger partial charge in [0, 0.05) is 19.2 Å². The Labute approximate surface area is 132 Å². The van der Waals surface area contributed by atoms with Gasteiger partial charge >= 0.3 is 6.18 Å². The lowest BCUT2D eigenvalue weighted by atomic mass is 9.75. The van der Waals surface area contributed by atoms with Gasteiger partial charge in [0.25, 0.3) is 5.69 Å². The fraction of sp³-hybridized carbons (Fsp3) is 0.625. The van der Waals surface area contributed by atoms with Crippen LogP contribution in [0.15, 0.2) is 18.2 Å². The third kappa shape index (κ3) is 3.28. The Kier molecular flexibility index (Phi) is 4.21. The quantitative estimate of drug-likeness (QED) is 0.587. The van der Waals surface area contributed by atoms with Crippen molar-refractivity contribution in [3.63, 3.8) is 0 Å². The molecule has 2 aliphatic rings. The lowest BCUT2D eigenvalue weighted by Crippen LogP contribution is -2.42. The van der Waals surface area contributed by atoms with Gasteiger partial charge in [0.05, 0.1) is 10.5 Å². The zero-order valence-corrected chi connectivity index (χ0v) is 12.7. The second-order valence-electron chi connectivity index (χ2n) is 6.50. The van der Waals surface area contributed by atoms with E-state index in [9.17, 15) is 23.3 Å². The van der Waals surface area contributed by atoms with Gasteiger partial charge < -0.3 is 4.90 Å². The van der Waals surface area contributed by atoms with E-state index < -0.39 is 22.4 Å². The molecule has 3 rings (SSSR count). The van der Waals surface area contributed by atoms with E-state index >= 15 is 0 Å². The Morgan fingerprint density at radius 1 is 1.13 bits per heavy atom. The molecule has 126 valence electrons. The number of benzene rings is 1. The highest BCUT2D eigenvalue weighted by atomic mass is 19.4. The van der Waals surface area contributed by atoms with Crippen LogP contribution >= 0.6 is 0 Å². The zero-order chi connectivity index (χ0) is 16.6. The molecule has 0 radical (unpaired) electrons. The van der Waals surface area contributed by atoms with Crippen LogP contribution in [0.1, 0.15) is 37.7 Å². The molecule has 0 spiro atoms. The lowest BCUT2D eigenvalue weighted by molar-refractivity contribution is -0.384. The smallest absolute Gasteiger partial charge is 0.366 e. The van der Waals surface area contributed by atoms with E-state index in [0.717, 1.165) is 18.9 Å². The molecule has 7 heteroatoms. The van der Waals surface area contributed by atoms with Crippen molar-refractivity contribution in [2.24, 2.45) is 11.8 Å². The van der Waals surface area contributed by atoms with E-state index in [1.165, 1.54) is 25.3 Å². The fourth-order valence-electron chi connectivity index (χ4n) is 3.93. The maximum Gasteiger partial charge on any atom is 0.416 e. The number of fused-ring (bicyclic) bond motifs is 1. The Balaban J connectivity index is 1.88. The summed E-state index contributed by atoms with van der Waals surface area (Å²) in [5.41, 5.74) is -1.11. The highest BCUT2D eigenvalue weighted by molar-refractivity contribution is 5.65. The lowest BCUT2D eigenvalue weighted by Gasteiger charge is -2.42. The number of hydrogen-bond acceptors (Lipinski definition) is 3. The van der Waals surface area contributed by atoms with Crippen LogP contribution in [0.2, 0.25) is 0 Å². The van der Waals surface area contributed by atoms with Gasteiger partial charge in [-0.25, -0.2) is 0 Å². The number of nitro benzene ring substituents is 1. The summed E-state index contributed by atoms with van der Waals surface area (Å²) in [7, 11) is 0. The number of halogens is 3. The molecule has 1 unspecified atom stereocenters. The first-order valence-electron chi connectivity index (χ1n) is 7.97. The van der Waals surface area contributed by atoms with Crippen molar-refractivity contribution in [3.05, 3.63) is 33.9 Å². The highest BCUT2D eigenvalue weighted by Crippen LogP contribution is 2.41. The van der Waals surface area contributed by atoms with Gasteiger partial charge in [0.15, 0.2) is 0 Å². The SMILES string of the molecule is O=[N+]([O-])c1cc(C(F)(F)F)ccc1N1CC[C@@H]2CCCCC2C1. The van der Waals surface area contributed by atoms with Gasteiger partial charge in [-0.15, -0.1) is 0 Å². The van der Waals surface area contributed by atoms with Crippen LogP contribution in [0, 0.1) is 22.0 Å². The van der Waals surface area contributed by atoms with E-state index in [-0.39, 0.29) is 0 Å². The number of nitro groups is 1. The molecule has 0 bridgehead atoms. The van der Waals surface area contributed by atoms with Crippen molar-refractivity contribution in [1.29, 1.82) is 0 Å². The first-order chi connectivity index (χ1) is 10.9. The molecule has 0 amide bonds. The Hall–Kier alpha value is -1.79. The first kappa shape index (κ1) is 16.1. The Bertz CT molecular complexity index is 603. The number of nitrogens with zero attached hydrogens (tertiary/aromatic N) is 2. The summed E-state index contributed by atoms with van der Waals surface area (Å²) in [6, 6.07) is 2.85. The van der Waals surface area contributed by atoms with Crippen molar-refractivity contribution in [1.82, 2.24) is 0 Å². The largest absolute Gasteiger partial charge is 0.416 e. The molecule has 1 aromatic carbocycles. The second kappa shape index (κ2) is 6.02. The van der Waals surface area contributed by atoms with Crippen LogP contribution in [0.3, 0.4) is 0 Å². The summed E-state index contributed by atoms with van der Waals surface area (Å²) < 4.78 is 38.4. The van der Waals surface area contributed by atoms with E-state index in [4.69, 9.17) is 0 Å². The minimum Gasteiger partial charge on any atom is -0.366 e. The summed E-state index contributed by atoms with van der Waals surface area (Å²) in [5, 5.41) is 11.2. The molecule has 1 aliphatic carbocycles. The standard InChI is InChI=1S/C16H19F3N2O2/c17-16(18,19)13-5-6-14(15(9-13)21(22)23)20-8-7-11-3-1-2-4-12(11)10-20/h5-6,9,11-12H,1-4,7-8,10H2/t11-,12?/m0/s1. The zero-order valence-electron chi connectivity index (χ0n) is 12.7. The van der Waals surface area contributed by atoms with Gasteiger partial charge in [-0.3, -0.25) is 10.1 Å². The van der Waals surface area contributed by atoms with E-state index in [0.29, 0.717) is 36.7 Å². The first-order valence-corrected chi connectivity index (χ1v) is 7.97. The van der Waals surface area contributed by atoms with Gasteiger partial charge in [-0.2, -0.15) is 13.2 Å². The van der Waals surface area contributed by atoms with Gasteiger partial charge in [0.1, 0.15) is 5.69 Å². The van der Waals surface area contributed by atoms with Crippen LogP contribution in [-0.4, -0.2) is 18.0 Å². The molecular formula is C16H19F3N2O2. The maximum atomic E-state index is 12.8. The monoisotopic (exact) mass is 328 g/mol. The molecule has 1 aliphatic heterocycles. The summed E-state index contributed by atoms with van der Waals surface area (Å²) in [6.45, 7) is 1.38. The molecule has 4 nitrogen and oxygen atoms in total. The van der Waals surface area contributed by atoms with Crippen LogP contribution in [0.5, 0.6) is 0 Å². The van der Waals surface area contributed by atoms with E-state index in [1.807, 2.05) is 4.90 Å². The van der Waals surface area contributed by atoms with Crippen LogP contribution in [0.4, 0.5) is 24.5 Å². The third-order valence-corrected chi connectivity index (χ3v) is 5.13. The van der Waals surface area contributed by atoms with Crippen molar-refractivity contribution in [2.75, 3.05) is 18.0 Å². The van der Waals surface area contributed by atoms with Crippen molar-refractivity contribution >= 4 is 11.4 Å². The van der Waals surface area contributed by atoms with Crippen molar-refractivity contribution in [3.8, 4) is 0 Å². The number of piperidine rings is 1. The summed E-state index contributed by atoms with van der Waals surface area (Å²) in [4.78, 5) is 12.4. The molecule has 1 saturated heterocycles. The average Bonchev–Trinajstić information content (AvgIpc) is 2.53. The number of alkyl halides is 3. The minimum atomic E-state index is -4.57. The Morgan fingerprint density at radius 2 is 1.83 bits per heavy atom. The average molecular weight is 328 g/mol. The molecule has 2 fully saturated rings. The van der Waals surface area contributed by atoms with E-state index in [1.54, 1.807) is 0 Å². The molecule has 1 aromatic rings. The van der Waals surface area contributed by atoms with Crippen LogP contribution in [0.25, 0.3) is 0 Å². The predicted octanol–water partition coefficient (Wildman–Crippen LogP) is 4.63. The predicted molar refractivity (Wildman–Crippen MR) is 80.4 cm³/mol. The summed E-state index contributed by atoms with van der Waals surface area (Å²) in [6.07, 6.45) is 1.11. The Morgan fingerprint density at radius 3 is 2.48 bits per heavy atom. The third-order valence-electron chi connectivity index (χ3n) is 5.13. The molecular weight excluding hydrogens is 309 g/mol. The maximum absolute atomic E-state index is 12.8. The van der Waals surface area contributed by atoms with Crippen LogP contribution < -0.4 is 4.90 Å². The molecule has 1 heterocycles. The topological polar surface area (TPSA) is 46.4 Å². The van der Waals surface area contributed by atoms with Gasteiger partial charge in [-0.05, 0) is 36.8 Å². The van der Waals surface area contributed by atoms with Crippen LogP contribution in [-0.2, 0) is 6.18 Å². The molecule has 0 N–H and O–H groups in total. The number of rotatable bonds is 2. The van der Waals surface area contributed by atoms with Gasteiger partial charge in [0.2, 0.25) is 0 Å². The highest BCUT2D eigenvalue weighted by Gasteiger charge is 2.36. The summed E-state index contributed by atoms with van der Waals surface area (Å²) >= 11 is 0. The fourth-order valence-corrected chi connectivity index (χ4v) is 3.93. The second-order valence-corrected chi connectivity index (χ2v) is 6.50. The molecule has 0 aromatic heterocycles. The molecule has 23 heavy (non-hydrogen) atoms. The minimum absolute atomic E-state index is 0.312. The number of anilines is 1.